The zero-order valence-electron chi connectivity index (χ0n) is 33.4. The Balaban J connectivity index is 4.17. The molecule has 0 heterocycles. The Kier molecular flexibility index (Phi) is 37.9. The van der Waals surface area contributed by atoms with Crippen LogP contribution in [0.4, 0.5) is 0 Å². The standard InChI is InChI=1S/C42H83N2O6P/c1-3-5-7-9-11-13-15-17-19-20-21-22-23-25-27-29-31-33-35-41(45)40(39-50-51(47,48)49-38-37-43)44-42(46)36-34-32-30-28-26-24-18-16-14-12-10-8-6-4-2/h10,12,16,18,40-41,45H,3-9,11,13-15,17,19-39,43H2,1-2H3,(H,44,46)(H,47,48)/b12-10-,18-16-. The van der Waals surface area contributed by atoms with Crippen LogP contribution in [0, 0.1) is 0 Å². The maximum atomic E-state index is 12.7. The average molecular weight is 743 g/mol. The summed E-state index contributed by atoms with van der Waals surface area (Å²) in [6.45, 7) is 4.16. The van der Waals surface area contributed by atoms with E-state index in [1.807, 2.05) is 0 Å². The molecule has 8 nitrogen and oxygen atoms in total. The summed E-state index contributed by atoms with van der Waals surface area (Å²) in [5.41, 5.74) is 5.37. The van der Waals surface area contributed by atoms with Crippen LogP contribution in [0.5, 0.6) is 0 Å². The fraction of sp³-hybridized carbons (Fsp3) is 0.881. The van der Waals surface area contributed by atoms with E-state index in [1.165, 1.54) is 116 Å². The molecule has 0 rings (SSSR count). The molecule has 0 radical (unpaired) electrons. The third kappa shape index (κ3) is 37.1. The van der Waals surface area contributed by atoms with Crippen molar-refractivity contribution in [1.29, 1.82) is 0 Å². The van der Waals surface area contributed by atoms with E-state index in [1.54, 1.807) is 0 Å². The number of carbonyl (C=O) groups excluding carboxylic acids is 1. The molecule has 0 aliphatic carbocycles. The predicted octanol–water partition coefficient (Wildman–Crippen LogP) is 11.8. The Hall–Kier alpha value is -1.02. The maximum Gasteiger partial charge on any atom is 0.472 e. The zero-order chi connectivity index (χ0) is 37.5. The summed E-state index contributed by atoms with van der Waals surface area (Å²) < 4.78 is 22.2. The first kappa shape index (κ1) is 50.0. The van der Waals surface area contributed by atoms with Gasteiger partial charge in [0.2, 0.25) is 5.91 Å². The summed E-state index contributed by atoms with van der Waals surface area (Å²) >= 11 is 0. The van der Waals surface area contributed by atoms with Gasteiger partial charge in [0.05, 0.1) is 25.4 Å². The van der Waals surface area contributed by atoms with Gasteiger partial charge in [0.25, 0.3) is 0 Å². The van der Waals surface area contributed by atoms with Gasteiger partial charge in [0.1, 0.15) is 0 Å². The molecule has 3 atom stereocenters. The smallest absolute Gasteiger partial charge is 0.391 e. The van der Waals surface area contributed by atoms with Crippen LogP contribution >= 0.6 is 7.82 Å². The van der Waals surface area contributed by atoms with Crippen LogP contribution in [0.3, 0.4) is 0 Å². The van der Waals surface area contributed by atoms with Crippen molar-refractivity contribution in [2.75, 3.05) is 19.8 Å². The number of hydrogen-bond acceptors (Lipinski definition) is 6. The fourth-order valence-corrected chi connectivity index (χ4v) is 7.03. The summed E-state index contributed by atoms with van der Waals surface area (Å²) in [4.78, 5) is 22.7. The molecule has 51 heavy (non-hydrogen) atoms. The number of amides is 1. The lowest BCUT2D eigenvalue weighted by molar-refractivity contribution is -0.123. The minimum absolute atomic E-state index is 0.0869. The van der Waals surface area contributed by atoms with E-state index in [0.29, 0.717) is 12.8 Å². The largest absolute Gasteiger partial charge is 0.472 e. The number of nitrogens with one attached hydrogen (secondary N) is 1. The van der Waals surface area contributed by atoms with Gasteiger partial charge in [-0.2, -0.15) is 0 Å². The van der Waals surface area contributed by atoms with Crippen LogP contribution in [0.15, 0.2) is 24.3 Å². The number of rotatable bonds is 40. The normalized spacial score (nSPS) is 14.4. The van der Waals surface area contributed by atoms with E-state index in [9.17, 15) is 19.4 Å². The molecular formula is C42H83N2O6P. The van der Waals surface area contributed by atoms with Gasteiger partial charge in [-0.05, 0) is 38.5 Å². The van der Waals surface area contributed by atoms with Crippen molar-refractivity contribution in [1.82, 2.24) is 5.32 Å². The molecule has 0 bridgehead atoms. The number of hydrogen-bond donors (Lipinski definition) is 4. The van der Waals surface area contributed by atoms with E-state index in [-0.39, 0.29) is 25.7 Å². The Morgan fingerprint density at radius 3 is 1.61 bits per heavy atom. The molecule has 0 saturated heterocycles. The maximum absolute atomic E-state index is 12.7. The van der Waals surface area contributed by atoms with Crippen LogP contribution in [0.2, 0.25) is 0 Å². The summed E-state index contributed by atoms with van der Waals surface area (Å²) in [6.07, 6.45) is 43.2. The summed E-state index contributed by atoms with van der Waals surface area (Å²) in [5, 5.41) is 13.8. The Bertz CT molecular complexity index is 855. The molecule has 0 aliphatic heterocycles. The van der Waals surface area contributed by atoms with Crippen molar-refractivity contribution in [3.05, 3.63) is 24.3 Å². The Morgan fingerprint density at radius 2 is 1.10 bits per heavy atom. The van der Waals surface area contributed by atoms with E-state index in [0.717, 1.165) is 64.2 Å². The molecule has 0 saturated carbocycles. The zero-order valence-corrected chi connectivity index (χ0v) is 34.2. The summed E-state index contributed by atoms with van der Waals surface area (Å²) in [6, 6.07) is -0.779. The minimum atomic E-state index is -4.32. The third-order valence-corrected chi connectivity index (χ3v) is 10.5. The highest BCUT2D eigenvalue weighted by Gasteiger charge is 2.27. The Labute approximate surface area is 315 Å². The van der Waals surface area contributed by atoms with E-state index >= 15 is 0 Å². The van der Waals surface area contributed by atoms with Crippen molar-refractivity contribution in [3.8, 4) is 0 Å². The Morgan fingerprint density at radius 1 is 0.647 bits per heavy atom. The highest BCUT2D eigenvalue weighted by atomic mass is 31.2. The predicted molar refractivity (Wildman–Crippen MR) is 217 cm³/mol. The van der Waals surface area contributed by atoms with Gasteiger partial charge in [0.15, 0.2) is 0 Å². The number of phosphoric ester groups is 1. The molecule has 5 N–H and O–H groups in total. The topological polar surface area (TPSA) is 131 Å². The summed E-state index contributed by atoms with van der Waals surface area (Å²) in [7, 11) is -4.32. The lowest BCUT2D eigenvalue weighted by Crippen LogP contribution is -2.46. The first-order valence-corrected chi connectivity index (χ1v) is 22.9. The van der Waals surface area contributed by atoms with E-state index in [2.05, 4.69) is 43.5 Å². The van der Waals surface area contributed by atoms with Crippen LogP contribution < -0.4 is 11.1 Å². The SMILES string of the molecule is CCCC/C=C\C/C=C\CCCCCCCC(=O)NC(COP(=O)(O)OCCN)C(O)CCCCCCCCCCCCCCCCCCCC. The van der Waals surface area contributed by atoms with Gasteiger partial charge in [-0.15, -0.1) is 0 Å². The number of allylic oxidation sites excluding steroid dienone is 4. The summed E-state index contributed by atoms with van der Waals surface area (Å²) in [5.74, 6) is -0.175. The first-order chi connectivity index (χ1) is 24.9. The van der Waals surface area contributed by atoms with Crippen LogP contribution in [0.25, 0.3) is 0 Å². The number of aliphatic hydroxyl groups is 1. The molecule has 9 heteroatoms. The van der Waals surface area contributed by atoms with Gasteiger partial charge in [0, 0.05) is 13.0 Å². The van der Waals surface area contributed by atoms with Crippen LogP contribution in [-0.2, 0) is 18.4 Å². The molecule has 0 aromatic heterocycles. The minimum Gasteiger partial charge on any atom is -0.391 e. The monoisotopic (exact) mass is 743 g/mol. The highest BCUT2D eigenvalue weighted by molar-refractivity contribution is 7.47. The van der Waals surface area contributed by atoms with Crippen LogP contribution in [-0.4, -0.2) is 47.8 Å². The molecule has 3 unspecified atom stereocenters. The molecule has 0 spiro atoms. The van der Waals surface area contributed by atoms with E-state index < -0.39 is 20.0 Å². The second kappa shape index (κ2) is 38.7. The number of carbonyl (C=O) groups is 1. The van der Waals surface area contributed by atoms with Crippen molar-refractivity contribution in [3.63, 3.8) is 0 Å². The highest BCUT2D eigenvalue weighted by Crippen LogP contribution is 2.43. The fourth-order valence-electron chi connectivity index (χ4n) is 6.27. The lowest BCUT2D eigenvalue weighted by atomic mass is 10.0. The van der Waals surface area contributed by atoms with Crippen molar-refractivity contribution >= 4 is 13.7 Å². The van der Waals surface area contributed by atoms with Gasteiger partial charge in [-0.3, -0.25) is 13.8 Å². The molecule has 0 aromatic rings. The van der Waals surface area contributed by atoms with Crippen LogP contribution in [0.1, 0.15) is 206 Å². The second-order valence-electron chi connectivity index (χ2n) is 14.6. The van der Waals surface area contributed by atoms with Gasteiger partial charge in [-0.1, -0.05) is 186 Å². The molecule has 0 aromatic carbocycles. The van der Waals surface area contributed by atoms with E-state index in [4.69, 9.17) is 14.8 Å². The molecule has 1 amide bonds. The molecule has 0 aliphatic rings. The molecule has 0 fully saturated rings. The number of nitrogens with two attached hydrogens (primary N) is 1. The van der Waals surface area contributed by atoms with Crippen molar-refractivity contribution in [2.45, 2.75) is 219 Å². The van der Waals surface area contributed by atoms with Crippen molar-refractivity contribution in [2.24, 2.45) is 5.73 Å². The van der Waals surface area contributed by atoms with Crippen molar-refractivity contribution < 1.29 is 28.4 Å². The average Bonchev–Trinajstić information content (AvgIpc) is 3.12. The van der Waals surface area contributed by atoms with Gasteiger partial charge >= 0.3 is 7.82 Å². The number of aliphatic hydroxyl groups excluding tert-OH is 1. The second-order valence-corrected chi connectivity index (χ2v) is 16.0. The molecular weight excluding hydrogens is 659 g/mol. The quantitative estimate of drug-likeness (QED) is 0.0279. The first-order valence-electron chi connectivity index (χ1n) is 21.5. The van der Waals surface area contributed by atoms with Gasteiger partial charge in [-0.25, -0.2) is 4.57 Å². The number of unbranched alkanes of at least 4 members (excludes halogenated alkanes) is 24. The number of phosphoric acid groups is 1. The lowest BCUT2D eigenvalue weighted by Gasteiger charge is -2.25. The van der Waals surface area contributed by atoms with Gasteiger partial charge < -0.3 is 21.1 Å². The third-order valence-electron chi connectivity index (χ3n) is 9.56. The molecule has 302 valence electrons.